The fourth-order valence-electron chi connectivity index (χ4n) is 1.92. The molecule has 0 unspecified atom stereocenters. The number of hydrogen-bond donors (Lipinski definition) is 0. The van der Waals surface area contributed by atoms with Crippen LogP contribution in [0, 0.1) is 11.3 Å². The van der Waals surface area contributed by atoms with Crippen molar-refractivity contribution in [1.29, 1.82) is 5.26 Å². The Hall–Kier alpha value is -2.92. The van der Waals surface area contributed by atoms with Gasteiger partial charge in [-0.25, -0.2) is 0 Å². The maximum absolute atomic E-state index is 12.6. The van der Waals surface area contributed by atoms with Gasteiger partial charge < -0.3 is 4.52 Å². The van der Waals surface area contributed by atoms with Gasteiger partial charge in [0.05, 0.1) is 10.4 Å². The lowest BCUT2D eigenvalue weighted by Gasteiger charge is -2.05. The largest absolute Gasteiger partial charge is 0.416 e. The number of rotatable bonds is 3. The van der Waals surface area contributed by atoms with Crippen molar-refractivity contribution in [3.8, 4) is 16.8 Å². The first-order valence-electron chi connectivity index (χ1n) is 6.64. The molecule has 0 saturated heterocycles. The molecule has 0 aliphatic carbocycles. The topological polar surface area (TPSA) is 62.7 Å². The van der Waals surface area contributed by atoms with Gasteiger partial charge in [-0.3, -0.25) is 0 Å². The number of halogens is 3. The average molecular weight is 347 g/mol. The first kappa shape index (κ1) is 16.0. The van der Waals surface area contributed by atoms with Crippen LogP contribution < -0.4 is 0 Å². The van der Waals surface area contributed by atoms with Gasteiger partial charge in [0.1, 0.15) is 11.6 Å². The van der Waals surface area contributed by atoms with Gasteiger partial charge in [-0.05, 0) is 35.2 Å². The summed E-state index contributed by atoms with van der Waals surface area (Å²) in [5.41, 5.74) is -0.253. The molecule has 3 aromatic rings. The molecule has 0 saturated carbocycles. The van der Waals surface area contributed by atoms with E-state index in [4.69, 9.17) is 4.52 Å². The number of allylic oxidation sites excluding steroid dienone is 1. The number of nitriles is 1. The molecule has 3 rings (SSSR count). The maximum Gasteiger partial charge on any atom is 0.416 e. The Morgan fingerprint density at radius 2 is 1.96 bits per heavy atom. The Balaban J connectivity index is 1.89. The van der Waals surface area contributed by atoms with E-state index in [-0.39, 0.29) is 11.5 Å². The van der Waals surface area contributed by atoms with E-state index in [2.05, 4.69) is 10.1 Å². The summed E-state index contributed by atoms with van der Waals surface area (Å²) in [6.45, 7) is 0. The first-order valence-corrected chi connectivity index (χ1v) is 7.52. The molecular weight excluding hydrogens is 339 g/mol. The van der Waals surface area contributed by atoms with E-state index in [0.717, 1.165) is 17.0 Å². The molecule has 0 aliphatic rings. The molecule has 0 fully saturated rings. The normalized spacial score (nSPS) is 12.2. The van der Waals surface area contributed by atoms with Gasteiger partial charge in [-0.15, -0.1) is 11.3 Å². The first-order chi connectivity index (χ1) is 11.5. The summed E-state index contributed by atoms with van der Waals surface area (Å²) in [5, 5.41) is 14.9. The lowest BCUT2D eigenvalue weighted by molar-refractivity contribution is -0.137. The van der Waals surface area contributed by atoms with Crippen molar-refractivity contribution in [2.75, 3.05) is 0 Å². The number of alkyl halides is 3. The monoisotopic (exact) mass is 347 g/mol. The lowest BCUT2D eigenvalue weighted by Crippen LogP contribution is -2.03. The molecule has 0 spiro atoms. The highest BCUT2D eigenvalue weighted by atomic mass is 32.1. The molecule has 4 nitrogen and oxygen atoms in total. The van der Waals surface area contributed by atoms with Crippen LogP contribution in [0.25, 0.3) is 22.4 Å². The van der Waals surface area contributed by atoms with Crippen LogP contribution in [0.4, 0.5) is 13.2 Å². The number of nitrogens with zero attached hydrogens (tertiary/aromatic N) is 3. The third kappa shape index (κ3) is 3.36. The quantitative estimate of drug-likeness (QED) is 0.634. The Bertz CT molecular complexity index is 903. The summed E-state index contributed by atoms with van der Waals surface area (Å²) in [5.74, 6) is 0.370. The van der Waals surface area contributed by atoms with Crippen molar-refractivity contribution < 1.29 is 17.7 Å². The van der Waals surface area contributed by atoms with E-state index < -0.39 is 11.7 Å². The average Bonchev–Trinajstić information content (AvgIpc) is 3.23. The van der Waals surface area contributed by atoms with Gasteiger partial charge in [-0.1, -0.05) is 23.4 Å². The Morgan fingerprint density at radius 1 is 1.21 bits per heavy atom. The second kappa shape index (κ2) is 6.29. The lowest BCUT2D eigenvalue weighted by atomic mass is 10.1. The van der Waals surface area contributed by atoms with E-state index in [1.54, 1.807) is 0 Å². The predicted molar refractivity (Wildman–Crippen MR) is 82.5 cm³/mol. The van der Waals surface area contributed by atoms with E-state index in [0.29, 0.717) is 11.4 Å². The van der Waals surface area contributed by atoms with Crippen LogP contribution in [0.5, 0.6) is 0 Å². The van der Waals surface area contributed by atoms with Crippen LogP contribution in [-0.4, -0.2) is 10.1 Å². The summed E-state index contributed by atoms with van der Waals surface area (Å²) in [4.78, 5) is 4.93. The van der Waals surface area contributed by atoms with Crippen molar-refractivity contribution in [1.82, 2.24) is 10.1 Å². The van der Waals surface area contributed by atoms with E-state index >= 15 is 0 Å². The minimum absolute atomic E-state index is 0.0146. The van der Waals surface area contributed by atoms with E-state index in [1.807, 2.05) is 23.6 Å². The molecule has 0 aliphatic heterocycles. The van der Waals surface area contributed by atoms with E-state index in [1.165, 1.54) is 29.5 Å². The van der Waals surface area contributed by atoms with Crippen LogP contribution in [0.1, 0.15) is 17.0 Å². The van der Waals surface area contributed by atoms with Crippen LogP contribution in [0.3, 0.4) is 0 Å². The fraction of sp³-hybridized carbons (Fsp3) is 0.0625. The number of hydrogen-bond acceptors (Lipinski definition) is 5. The van der Waals surface area contributed by atoms with Gasteiger partial charge in [0.15, 0.2) is 0 Å². The number of aromatic nitrogens is 2. The summed E-state index contributed by atoms with van der Waals surface area (Å²) in [6.07, 6.45) is -3.01. The minimum atomic E-state index is -4.40. The van der Waals surface area contributed by atoms with Gasteiger partial charge in [-0.2, -0.15) is 23.4 Å². The molecule has 0 bridgehead atoms. The molecule has 0 radical (unpaired) electrons. The molecule has 2 heterocycles. The highest BCUT2D eigenvalue weighted by Crippen LogP contribution is 2.30. The molecular formula is C16H8F3N3OS. The molecule has 0 atom stereocenters. The minimum Gasteiger partial charge on any atom is -0.333 e. The smallest absolute Gasteiger partial charge is 0.333 e. The van der Waals surface area contributed by atoms with Gasteiger partial charge in [0.2, 0.25) is 5.82 Å². The maximum atomic E-state index is 12.6. The van der Waals surface area contributed by atoms with Crippen LogP contribution >= 0.6 is 11.3 Å². The van der Waals surface area contributed by atoms with Crippen LogP contribution in [0.15, 0.2) is 46.3 Å². The van der Waals surface area contributed by atoms with Crippen molar-refractivity contribution in [2.24, 2.45) is 0 Å². The second-order valence-corrected chi connectivity index (χ2v) is 5.64. The Kier molecular flexibility index (Phi) is 4.18. The zero-order chi connectivity index (χ0) is 17.2. The summed E-state index contributed by atoms with van der Waals surface area (Å²) in [7, 11) is 0. The molecule has 24 heavy (non-hydrogen) atoms. The second-order valence-electron chi connectivity index (χ2n) is 4.69. The highest BCUT2D eigenvalue weighted by Gasteiger charge is 2.29. The highest BCUT2D eigenvalue weighted by molar-refractivity contribution is 7.13. The molecule has 120 valence electrons. The van der Waals surface area contributed by atoms with Crippen LogP contribution in [0.2, 0.25) is 0 Å². The molecule has 1 aromatic carbocycles. The Labute approximate surface area is 138 Å². The SMILES string of the molecule is N#C/C(=C\c1ccc(C(F)(F)F)cc1)c1nc(-c2cccs2)no1. The molecule has 2 aromatic heterocycles. The zero-order valence-corrected chi connectivity index (χ0v) is 12.7. The Morgan fingerprint density at radius 3 is 2.54 bits per heavy atom. The van der Waals surface area contributed by atoms with E-state index in [9.17, 15) is 18.4 Å². The van der Waals surface area contributed by atoms with Crippen molar-refractivity contribution in [2.45, 2.75) is 6.18 Å². The molecule has 8 heteroatoms. The van der Waals surface area contributed by atoms with Gasteiger partial charge in [0.25, 0.3) is 5.89 Å². The predicted octanol–water partition coefficient (Wildman–Crippen LogP) is 4.88. The van der Waals surface area contributed by atoms with Crippen molar-refractivity contribution in [3.05, 3.63) is 58.8 Å². The standard InChI is InChI=1S/C16H8F3N3OS/c17-16(18,19)12-5-3-10(4-6-12)8-11(9-20)15-21-14(22-23-15)13-2-1-7-24-13/h1-8H/b11-8+. The zero-order valence-electron chi connectivity index (χ0n) is 11.9. The van der Waals surface area contributed by atoms with Crippen molar-refractivity contribution >= 4 is 23.0 Å². The third-order valence-electron chi connectivity index (χ3n) is 3.07. The molecule has 0 N–H and O–H groups in total. The van der Waals surface area contributed by atoms with Crippen LogP contribution in [-0.2, 0) is 6.18 Å². The summed E-state index contributed by atoms with van der Waals surface area (Å²) >= 11 is 1.42. The third-order valence-corrected chi connectivity index (χ3v) is 3.93. The van der Waals surface area contributed by atoms with Gasteiger partial charge >= 0.3 is 6.18 Å². The summed E-state index contributed by atoms with van der Waals surface area (Å²) in [6, 6.07) is 10.0. The molecule has 0 amide bonds. The number of thiophene rings is 1. The van der Waals surface area contributed by atoms with Crippen molar-refractivity contribution in [3.63, 3.8) is 0 Å². The van der Waals surface area contributed by atoms with Gasteiger partial charge in [0, 0.05) is 0 Å². The number of benzene rings is 1. The fourth-order valence-corrected chi connectivity index (χ4v) is 2.56. The summed E-state index contributed by atoms with van der Waals surface area (Å²) < 4.78 is 42.7.